The summed E-state index contributed by atoms with van der Waals surface area (Å²) in [5, 5.41) is 0.569. The molecule has 2 saturated carbocycles. The van der Waals surface area contributed by atoms with Gasteiger partial charge in [0.05, 0.1) is 10.6 Å². The van der Waals surface area contributed by atoms with Gasteiger partial charge in [-0.3, -0.25) is 4.90 Å². The van der Waals surface area contributed by atoms with E-state index in [2.05, 4.69) is 11.8 Å². The molecular weight excluding hydrogens is 330 g/mol. The van der Waals surface area contributed by atoms with Crippen molar-refractivity contribution in [2.24, 2.45) is 5.92 Å². The molecule has 1 aromatic carbocycles. The Labute approximate surface area is 144 Å². The van der Waals surface area contributed by atoms with Gasteiger partial charge >= 0.3 is 0 Å². The summed E-state index contributed by atoms with van der Waals surface area (Å²) in [6.45, 7) is 2.98. The first-order valence-electron chi connectivity index (χ1n) is 8.70. The van der Waals surface area contributed by atoms with Crippen LogP contribution in [-0.2, 0) is 9.84 Å². The van der Waals surface area contributed by atoms with Crippen molar-refractivity contribution in [3.05, 3.63) is 29.3 Å². The molecule has 0 heterocycles. The Kier molecular flexibility index (Phi) is 5.34. The zero-order chi connectivity index (χ0) is 16.4. The van der Waals surface area contributed by atoms with Gasteiger partial charge in [-0.25, -0.2) is 8.42 Å². The minimum absolute atomic E-state index is 0.206. The topological polar surface area (TPSA) is 37.4 Å². The van der Waals surface area contributed by atoms with Crippen molar-refractivity contribution in [2.75, 3.05) is 12.3 Å². The molecule has 0 unspecified atom stereocenters. The largest absolute Gasteiger partial charge is 0.296 e. The summed E-state index contributed by atoms with van der Waals surface area (Å²) in [5.41, 5.74) is 0. The Hall–Kier alpha value is -0.580. The minimum Gasteiger partial charge on any atom is -0.296 e. The van der Waals surface area contributed by atoms with Gasteiger partial charge in [-0.15, -0.1) is 0 Å². The van der Waals surface area contributed by atoms with Crippen molar-refractivity contribution in [1.82, 2.24) is 4.90 Å². The van der Waals surface area contributed by atoms with Crippen LogP contribution in [0.1, 0.15) is 45.4 Å². The maximum absolute atomic E-state index is 12.6. The van der Waals surface area contributed by atoms with E-state index in [9.17, 15) is 8.42 Å². The van der Waals surface area contributed by atoms with Crippen molar-refractivity contribution in [2.45, 2.75) is 62.4 Å². The number of halogens is 1. The fourth-order valence-corrected chi connectivity index (χ4v) is 4.99. The molecule has 0 atom stereocenters. The van der Waals surface area contributed by atoms with Crippen LogP contribution in [-0.4, -0.2) is 37.7 Å². The molecule has 0 amide bonds. The summed E-state index contributed by atoms with van der Waals surface area (Å²) < 4.78 is 25.1. The quantitative estimate of drug-likeness (QED) is 0.769. The molecule has 128 valence electrons. The lowest BCUT2D eigenvalue weighted by Crippen LogP contribution is -2.42. The van der Waals surface area contributed by atoms with E-state index in [1.165, 1.54) is 38.5 Å². The third kappa shape index (κ3) is 4.49. The maximum atomic E-state index is 12.6. The van der Waals surface area contributed by atoms with E-state index in [1.54, 1.807) is 24.3 Å². The molecule has 2 aliphatic rings. The number of nitrogens with zero attached hydrogens (tertiary/aromatic N) is 1. The summed E-state index contributed by atoms with van der Waals surface area (Å²) in [7, 11) is -3.23. The second-order valence-electron chi connectivity index (χ2n) is 7.16. The SMILES string of the molecule is CC1CCC(N(CCS(=O)(=O)c2ccc(Cl)cc2)C2CC2)CC1. The van der Waals surface area contributed by atoms with Crippen molar-refractivity contribution in [3.8, 4) is 0 Å². The molecule has 0 aromatic heterocycles. The Morgan fingerprint density at radius 2 is 1.52 bits per heavy atom. The van der Waals surface area contributed by atoms with Gasteiger partial charge in [0.15, 0.2) is 9.84 Å². The van der Waals surface area contributed by atoms with Crippen molar-refractivity contribution in [3.63, 3.8) is 0 Å². The van der Waals surface area contributed by atoms with Crippen LogP contribution in [0.2, 0.25) is 5.02 Å². The molecule has 0 saturated heterocycles. The number of hydrogen-bond donors (Lipinski definition) is 0. The predicted octanol–water partition coefficient (Wildman–Crippen LogP) is 4.16. The molecule has 2 fully saturated rings. The van der Waals surface area contributed by atoms with Crippen molar-refractivity contribution >= 4 is 21.4 Å². The standard InChI is InChI=1S/C18H26ClNO2S/c1-14-2-6-16(7-3-14)20(17-8-9-17)12-13-23(21,22)18-10-4-15(19)5-11-18/h4-5,10-11,14,16-17H,2-3,6-9,12-13H2,1H3. The van der Waals surface area contributed by atoms with Crippen LogP contribution in [0.15, 0.2) is 29.2 Å². The average molecular weight is 356 g/mol. The van der Waals surface area contributed by atoms with Gasteiger partial charge in [-0.1, -0.05) is 18.5 Å². The number of hydrogen-bond acceptors (Lipinski definition) is 3. The summed E-state index contributed by atoms with van der Waals surface area (Å²) >= 11 is 5.85. The van der Waals surface area contributed by atoms with Crippen LogP contribution in [0.4, 0.5) is 0 Å². The summed E-state index contributed by atoms with van der Waals surface area (Å²) in [4.78, 5) is 2.87. The molecule has 0 bridgehead atoms. The van der Waals surface area contributed by atoms with Gasteiger partial charge in [0.1, 0.15) is 0 Å². The smallest absolute Gasteiger partial charge is 0.179 e. The summed E-state index contributed by atoms with van der Waals surface area (Å²) in [5.74, 6) is 1.03. The van der Waals surface area contributed by atoms with Crippen LogP contribution in [0.25, 0.3) is 0 Å². The molecule has 0 aliphatic heterocycles. The lowest BCUT2D eigenvalue weighted by Gasteiger charge is -2.36. The number of benzene rings is 1. The Bertz CT molecular complexity index is 617. The predicted molar refractivity (Wildman–Crippen MR) is 94.7 cm³/mol. The van der Waals surface area contributed by atoms with Crippen LogP contribution < -0.4 is 0 Å². The maximum Gasteiger partial charge on any atom is 0.179 e. The molecule has 23 heavy (non-hydrogen) atoms. The van der Waals surface area contributed by atoms with Crippen LogP contribution in [0.3, 0.4) is 0 Å². The number of sulfone groups is 1. The van der Waals surface area contributed by atoms with Crippen molar-refractivity contribution in [1.29, 1.82) is 0 Å². The second-order valence-corrected chi connectivity index (χ2v) is 9.70. The fraction of sp³-hybridized carbons (Fsp3) is 0.667. The molecule has 3 rings (SSSR count). The molecule has 0 N–H and O–H groups in total. The van der Waals surface area contributed by atoms with Gasteiger partial charge in [0.25, 0.3) is 0 Å². The van der Waals surface area contributed by atoms with Crippen molar-refractivity contribution < 1.29 is 8.42 Å². The minimum atomic E-state index is -3.23. The normalized spacial score (nSPS) is 25.7. The second kappa shape index (κ2) is 7.12. The van der Waals surface area contributed by atoms with Crippen LogP contribution in [0, 0.1) is 5.92 Å². The molecule has 0 spiro atoms. The summed E-state index contributed by atoms with van der Waals surface area (Å²) in [6, 6.07) is 7.72. The van der Waals surface area contributed by atoms with E-state index in [0.29, 0.717) is 28.5 Å². The monoisotopic (exact) mass is 355 g/mol. The first-order valence-corrected chi connectivity index (χ1v) is 10.7. The van der Waals surface area contributed by atoms with Crippen LogP contribution in [0.5, 0.6) is 0 Å². The van der Waals surface area contributed by atoms with E-state index < -0.39 is 9.84 Å². The molecule has 1 aromatic rings. The third-order valence-corrected chi connectivity index (χ3v) is 7.22. The first-order chi connectivity index (χ1) is 11.0. The van der Waals surface area contributed by atoms with Gasteiger partial charge in [-0.05, 0) is 68.7 Å². The number of rotatable bonds is 6. The third-order valence-electron chi connectivity index (χ3n) is 5.26. The van der Waals surface area contributed by atoms with Gasteiger partial charge in [0, 0.05) is 23.7 Å². The highest BCUT2D eigenvalue weighted by Gasteiger charge is 2.35. The zero-order valence-corrected chi connectivity index (χ0v) is 15.3. The van der Waals surface area contributed by atoms with Crippen LogP contribution >= 0.6 is 11.6 Å². The Morgan fingerprint density at radius 1 is 1.00 bits per heavy atom. The Balaban J connectivity index is 1.63. The van der Waals surface area contributed by atoms with E-state index in [4.69, 9.17) is 11.6 Å². The molecule has 3 nitrogen and oxygen atoms in total. The van der Waals surface area contributed by atoms with E-state index >= 15 is 0 Å². The van der Waals surface area contributed by atoms with E-state index in [-0.39, 0.29) is 5.75 Å². The molecule has 2 aliphatic carbocycles. The van der Waals surface area contributed by atoms with Gasteiger partial charge in [0.2, 0.25) is 0 Å². The lowest BCUT2D eigenvalue weighted by molar-refractivity contribution is 0.139. The van der Waals surface area contributed by atoms with E-state index in [1.807, 2.05) is 0 Å². The first kappa shape index (κ1) is 17.2. The fourth-order valence-electron chi connectivity index (χ4n) is 3.63. The highest BCUT2D eigenvalue weighted by molar-refractivity contribution is 7.91. The zero-order valence-electron chi connectivity index (χ0n) is 13.7. The molecule has 5 heteroatoms. The van der Waals surface area contributed by atoms with E-state index in [0.717, 1.165) is 5.92 Å². The highest BCUT2D eigenvalue weighted by atomic mass is 35.5. The Morgan fingerprint density at radius 3 is 2.04 bits per heavy atom. The lowest BCUT2D eigenvalue weighted by atomic mass is 9.86. The highest BCUT2D eigenvalue weighted by Crippen LogP contribution is 2.35. The average Bonchev–Trinajstić information content (AvgIpc) is 3.34. The molecular formula is C18H26ClNO2S. The molecule has 0 radical (unpaired) electrons. The van der Waals surface area contributed by atoms with Gasteiger partial charge < -0.3 is 0 Å². The van der Waals surface area contributed by atoms with Gasteiger partial charge in [-0.2, -0.15) is 0 Å². The summed E-state index contributed by atoms with van der Waals surface area (Å²) in [6.07, 6.45) is 7.45.